The molecule has 0 amide bonds. The summed E-state index contributed by atoms with van der Waals surface area (Å²) in [6.45, 7) is 7.16. The molecule has 1 atom stereocenters. The maximum Gasteiger partial charge on any atom is 0.306 e. The van der Waals surface area contributed by atoms with E-state index in [0.29, 0.717) is 42.7 Å². The van der Waals surface area contributed by atoms with Gasteiger partial charge in [-0.3, -0.25) is 4.79 Å². The van der Waals surface area contributed by atoms with Crippen LogP contribution >= 0.6 is 11.6 Å². The van der Waals surface area contributed by atoms with Crippen LogP contribution in [0.1, 0.15) is 50.3 Å². The fraction of sp³-hybridized carbons (Fsp3) is 0.519. The fourth-order valence-electron chi connectivity index (χ4n) is 4.52. The lowest BCUT2D eigenvalue weighted by Gasteiger charge is -2.30. The average molecular weight is 474 g/mol. The zero-order valence-corrected chi connectivity index (χ0v) is 20.7. The first-order valence-corrected chi connectivity index (χ1v) is 12.2. The molecule has 0 radical (unpaired) electrons. The van der Waals surface area contributed by atoms with E-state index in [1.165, 1.54) is 11.1 Å². The summed E-state index contributed by atoms with van der Waals surface area (Å²) in [4.78, 5) is 11.5. The Kier molecular flexibility index (Phi) is 9.19. The monoisotopic (exact) mass is 473 g/mol. The number of ether oxygens (including phenoxy) is 2. The summed E-state index contributed by atoms with van der Waals surface area (Å²) in [7, 11) is 0. The normalized spacial score (nSPS) is 14.7. The number of hydrogen-bond acceptors (Lipinski definition) is 5. The summed E-state index contributed by atoms with van der Waals surface area (Å²) >= 11 is 6.33. The molecule has 0 aliphatic heterocycles. The molecule has 0 saturated heterocycles. The van der Waals surface area contributed by atoms with E-state index < -0.39 is 6.10 Å². The van der Waals surface area contributed by atoms with Crippen molar-refractivity contribution in [1.29, 1.82) is 0 Å². The van der Waals surface area contributed by atoms with Crippen molar-refractivity contribution < 1.29 is 19.4 Å². The maximum atomic E-state index is 11.5. The Morgan fingerprint density at radius 1 is 1.21 bits per heavy atom. The second kappa shape index (κ2) is 11.9. The van der Waals surface area contributed by atoms with Gasteiger partial charge in [-0.15, -0.1) is 0 Å². The highest BCUT2D eigenvalue weighted by Crippen LogP contribution is 2.32. The molecule has 180 valence electrons. The van der Waals surface area contributed by atoms with Crippen molar-refractivity contribution in [2.45, 2.75) is 64.5 Å². The van der Waals surface area contributed by atoms with Crippen molar-refractivity contribution in [2.75, 3.05) is 19.8 Å². The molecule has 0 fully saturated rings. The highest BCUT2D eigenvalue weighted by atomic mass is 35.5. The van der Waals surface area contributed by atoms with Crippen LogP contribution in [-0.4, -0.2) is 42.5 Å². The van der Waals surface area contributed by atoms with E-state index >= 15 is 0 Å². The van der Waals surface area contributed by atoms with Crippen LogP contribution in [0.5, 0.6) is 5.75 Å². The third-order valence-electron chi connectivity index (χ3n) is 6.10. The Labute approximate surface area is 202 Å². The molecule has 0 saturated carbocycles. The van der Waals surface area contributed by atoms with E-state index in [-0.39, 0.29) is 18.1 Å². The predicted molar refractivity (Wildman–Crippen MR) is 132 cm³/mol. The third-order valence-corrected chi connectivity index (χ3v) is 6.40. The molecule has 33 heavy (non-hydrogen) atoms. The van der Waals surface area contributed by atoms with Crippen LogP contribution in [0.15, 0.2) is 42.5 Å². The molecule has 2 N–H and O–H groups in total. The van der Waals surface area contributed by atoms with Crippen LogP contribution in [-0.2, 0) is 28.8 Å². The minimum absolute atomic E-state index is 0.0775. The molecule has 0 aromatic heterocycles. The number of aliphatic hydroxyl groups excluding tert-OH is 1. The van der Waals surface area contributed by atoms with Gasteiger partial charge in [0.15, 0.2) is 0 Å². The number of aryl methyl sites for hydroxylation is 1. The molecule has 1 aliphatic rings. The molecule has 0 unspecified atom stereocenters. The molecule has 0 spiro atoms. The molecule has 2 aromatic carbocycles. The van der Waals surface area contributed by atoms with Gasteiger partial charge in [0, 0.05) is 18.5 Å². The molecule has 1 aliphatic carbocycles. The quantitative estimate of drug-likeness (QED) is 0.435. The number of halogens is 1. The zero-order valence-electron chi connectivity index (χ0n) is 19.9. The van der Waals surface area contributed by atoms with E-state index in [9.17, 15) is 9.90 Å². The van der Waals surface area contributed by atoms with Gasteiger partial charge < -0.3 is 19.9 Å². The van der Waals surface area contributed by atoms with Crippen molar-refractivity contribution in [3.05, 3.63) is 64.2 Å². The summed E-state index contributed by atoms with van der Waals surface area (Å²) in [6.07, 6.45) is 3.53. The molecule has 5 nitrogen and oxygen atoms in total. The largest absolute Gasteiger partial charge is 0.489 e. The molecule has 2 aromatic rings. The Morgan fingerprint density at radius 2 is 1.91 bits per heavy atom. The Morgan fingerprint density at radius 3 is 2.55 bits per heavy atom. The lowest BCUT2D eigenvalue weighted by molar-refractivity contribution is -0.143. The van der Waals surface area contributed by atoms with E-state index in [2.05, 4.69) is 43.4 Å². The van der Waals surface area contributed by atoms with Crippen LogP contribution in [0.25, 0.3) is 0 Å². The molecular weight excluding hydrogens is 438 g/mol. The maximum absolute atomic E-state index is 11.5. The van der Waals surface area contributed by atoms with Gasteiger partial charge >= 0.3 is 5.97 Å². The van der Waals surface area contributed by atoms with Crippen molar-refractivity contribution in [1.82, 2.24) is 5.32 Å². The number of nitrogens with one attached hydrogen (secondary N) is 1. The van der Waals surface area contributed by atoms with Crippen molar-refractivity contribution in [3.8, 4) is 5.75 Å². The summed E-state index contributed by atoms with van der Waals surface area (Å²) in [5, 5.41) is 14.4. The number of rotatable bonds is 12. The fourth-order valence-corrected chi connectivity index (χ4v) is 4.78. The van der Waals surface area contributed by atoms with Crippen LogP contribution in [0.2, 0.25) is 5.02 Å². The Bertz CT molecular complexity index is 905. The molecule has 0 bridgehead atoms. The van der Waals surface area contributed by atoms with Gasteiger partial charge in [-0.25, -0.2) is 0 Å². The first kappa shape index (κ1) is 25.5. The lowest BCUT2D eigenvalue weighted by Crippen LogP contribution is -2.46. The SMILES string of the molecule is CCOC(=O)CCc1ccc(OC[C@H](O)CNC(C)(C)CC2Cc3ccccc3C2)c(Cl)c1. The molecular formula is C27H36ClNO4. The number of β-amino-alcohol motifs (C(OH)–C–C–N with tert-alkyl or cyclic N) is 1. The summed E-state index contributed by atoms with van der Waals surface area (Å²) < 4.78 is 10.7. The van der Waals surface area contributed by atoms with Gasteiger partial charge in [-0.1, -0.05) is 41.9 Å². The van der Waals surface area contributed by atoms with Crippen molar-refractivity contribution in [3.63, 3.8) is 0 Å². The van der Waals surface area contributed by atoms with E-state index in [4.69, 9.17) is 21.1 Å². The molecule has 3 rings (SSSR count). The van der Waals surface area contributed by atoms with Gasteiger partial charge in [-0.2, -0.15) is 0 Å². The summed E-state index contributed by atoms with van der Waals surface area (Å²) in [6, 6.07) is 14.2. The van der Waals surface area contributed by atoms with E-state index in [1.807, 2.05) is 6.07 Å². The number of benzene rings is 2. The zero-order chi connectivity index (χ0) is 23.8. The number of esters is 1. The second-order valence-electron chi connectivity index (χ2n) is 9.55. The first-order chi connectivity index (χ1) is 15.8. The van der Waals surface area contributed by atoms with Crippen LogP contribution in [0.4, 0.5) is 0 Å². The van der Waals surface area contributed by atoms with Crippen LogP contribution in [0, 0.1) is 5.92 Å². The van der Waals surface area contributed by atoms with Gasteiger partial charge in [-0.05, 0) is 81.2 Å². The standard InChI is InChI=1S/C27H36ClNO4/c1-4-32-26(31)12-10-19-9-11-25(24(28)15-19)33-18-23(30)17-29-27(2,3)16-20-13-21-7-5-6-8-22(21)14-20/h5-9,11,15,20,23,29-30H,4,10,12-14,16-18H2,1-3H3/t23-/m1/s1. The second-order valence-corrected chi connectivity index (χ2v) is 9.95. The summed E-state index contributed by atoms with van der Waals surface area (Å²) in [5.74, 6) is 0.933. The van der Waals surface area contributed by atoms with Crippen molar-refractivity contribution in [2.24, 2.45) is 5.92 Å². The smallest absolute Gasteiger partial charge is 0.306 e. The highest BCUT2D eigenvalue weighted by molar-refractivity contribution is 6.32. The number of aliphatic hydroxyl groups is 1. The van der Waals surface area contributed by atoms with Gasteiger partial charge in [0.2, 0.25) is 0 Å². The van der Waals surface area contributed by atoms with Crippen LogP contribution < -0.4 is 10.1 Å². The number of fused-ring (bicyclic) bond motifs is 1. The number of carbonyl (C=O) groups excluding carboxylic acids is 1. The molecule has 6 heteroatoms. The minimum atomic E-state index is -0.649. The Balaban J connectivity index is 1.40. The molecule has 0 heterocycles. The van der Waals surface area contributed by atoms with Crippen LogP contribution in [0.3, 0.4) is 0 Å². The highest BCUT2D eigenvalue weighted by Gasteiger charge is 2.28. The predicted octanol–water partition coefficient (Wildman–Crippen LogP) is 4.75. The Hall–Kier alpha value is -2.08. The van der Waals surface area contributed by atoms with Gasteiger partial charge in [0.1, 0.15) is 18.5 Å². The topological polar surface area (TPSA) is 67.8 Å². The van der Waals surface area contributed by atoms with E-state index in [0.717, 1.165) is 24.8 Å². The first-order valence-electron chi connectivity index (χ1n) is 11.8. The average Bonchev–Trinajstić information content (AvgIpc) is 3.17. The van der Waals surface area contributed by atoms with Gasteiger partial charge in [0.05, 0.1) is 11.6 Å². The van der Waals surface area contributed by atoms with E-state index in [1.54, 1.807) is 19.1 Å². The number of hydrogen-bond donors (Lipinski definition) is 2. The number of carbonyl (C=O) groups is 1. The third kappa shape index (κ3) is 8.02. The van der Waals surface area contributed by atoms with Crippen molar-refractivity contribution >= 4 is 17.6 Å². The summed E-state index contributed by atoms with van der Waals surface area (Å²) in [5.41, 5.74) is 3.80. The van der Waals surface area contributed by atoms with Gasteiger partial charge in [0.25, 0.3) is 0 Å². The lowest BCUT2D eigenvalue weighted by atomic mass is 9.88. The minimum Gasteiger partial charge on any atom is -0.489 e.